The Morgan fingerprint density at radius 1 is 1.11 bits per heavy atom. The lowest BCUT2D eigenvalue weighted by Crippen LogP contribution is -2.28. The summed E-state index contributed by atoms with van der Waals surface area (Å²) >= 11 is 0. The first-order chi connectivity index (χ1) is 13.2. The van der Waals surface area contributed by atoms with Crippen molar-refractivity contribution in [2.75, 3.05) is 0 Å². The van der Waals surface area contributed by atoms with Crippen LogP contribution in [0.1, 0.15) is 48.1 Å². The van der Waals surface area contributed by atoms with Crippen LogP contribution in [0.2, 0.25) is 0 Å². The van der Waals surface area contributed by atoms with Crippen molar-refractivity contribution in [2.45, 2.75) is 45.1 Å². The summed E-state index contributed by atoms with van der Waals surface area (Å²) < 4.78 is 1.96. The maximum Gasteiger partial charge on any atom is 0.224 e. The molecule has 1 amide bonds. The second-order valence-electron chi connectivity index (χ2n) is 7.34. The third kappa shape index (κ3) is 4.11. The molecule has 0 spiro atoms. The number of hydrogen-bond donors (Lipinski definition) is 1. The van der Waals surface area contributed by atoms with Crippen molar-refractivity contribution in [1.29, 1.82) is 0 Å². The quantitative estimate of drug-likeness (QED) is 0.743. The van der Waals surface area contributed by atoms with E-state index in [1.54, 1.807) is 12.5 Å². The number of benzene rings is 2. The van der Waals surface area contributed by atoms with Crippen molar-refractivity contribution in [3.05, 3.63) is 83.4 Å². The number of aryl methyl sites for hydroxylation is 2. The van der Waals surface area contributed by atoms with Crippen molar-refractivity contribution in [3.63, 3.8) is 0 Å². The Labute approximate surface area is 160 Å². The van der Waals surface area contributed by atoms with E-state index in [2.05, 4.69) is 40.6 Å². The SMILES string of the molecule is CC(NC(=O)Cc1ccc2c(c1)CCCC2)c1ccc(-n2ccnc2)cc1. The summed E-state index contributed by atoms with van der Waals surface area (Å²) in [6.45, 7) is 2.02. The van der Waals surface area contributed by atoms with Gasteiger partial charge in [0.05, 0.1) is 18.8 Å². The smallest absolute Gasteiger partial charge is 0.224 e. The van der Waals surface area contributed by atoms with E-state index in [9.17, 15) is 4.79 Å². The first kappa shape index (κ1) is 17.5. The highest BCUT2D eigenvalue weighted by Crippen LogP contribution is 2.22. The second-order valence-corrected chi connectivity index (χ2v) is 7.34. The molecule has 1 unspecified atom stereocenters. The lowest BCUT2D eigenvalue weighted by Gasteiger charge is -2.18. The van der Waals surface area contributed by atoms with Gasteiger partial charge in [-0.1, -0.05) is 30.3 Å². The van der Waals surface area contributed by atoms with Gasteiger partial charge in [-0.05, 0) is 67.0 Å². The van der Waals surface area contributed by atoms with Crippen molar-refractivity contribution < 1.29 is 4.79 Å². The van der Waals surface area contributed by atoms with Gasteiger partial charge in [-0.15, -0.1) is 0 Å². The van der Waals surface area contributed by atoms with Crippen LogP contribution in [0.15, 0.2) is 61.2 Å². The zero-order valence-corrected chi connectivity index (χ0v) is 15.7. The Hall–Kier alpha value is -2.88. The van der Waals surface area contributed by atoms with Crippen molar-refractivity contribution in [3.8, 4) is 5.69 Å². The van der Waals surface area contributed by atoms with Crippen LogP contribution in [-0.4, -0.2) is 15.5 Å². The first-order valence-corrected chi connectivity index (χ1v) is 9.67. The fourth-order valence-corrected chi connectivity index (χ4v) is 3.80. The third-order valence-electron chi connectivity index (χ3n) is 5.35. The molecule has 1 heterocycles. The van der Waals surface area contributed by atoms with E-state index >= 15 is 0 Å². The molecule has 0 aliphatic heterocycles. The standard InChI is InChI=1S/C23H25N3O/c1-17(19-8-10-22(11-9-19)26-13-12-24-16-26)25-23(27)15-18-6-7-20-4-2-3-5-21(20)14-18/h6-14,16-17H,2-5,15H2,1H3,(H,25,27). The van der Waals surface area contributed by atoms with Gasteiger partial charge in [0.25, 0.3) is 0 Å². The Bertz CT molecular complexity index is 913. The predicted octanol–water partition coefficient (Wildman–Crippen LogP) is 4.17. The molecular formula is C23H25N3O. The molecule has 0 saturated carbocycles. The molecule has 27 heavy (non-hydrogen) atoms. The van der Waals surface area contributed by atoms with Crippen LogP contribution >= 0.6 is 0 Å². The third-order valence-corrected chi connectivity index (χ3v) is 5.35. The average Bonchev–Trinajstić information content (AvgIpc) is 3.23. The number of rotatable bonds is 5. The van der Waals surface area contributed by atoms with E-state index in [-0.39, 0.29) is 11.9 Å². The molecule has 4 heteroatoms. The molecule has 0 bridgehead atoms. The highest BCUT2D eigenvalue weighted by molar-refractivity contribution is 5.79. The molecule has 1 aromatic heterocycles. The Kier molecular flexibility index (Phi) is 5.05. The minimum Gasteiger partial charge on any atom is -0.349 e. The van der Waals surface area contributed by atoms with Gasteiger partial charge in [0.1, 0.15) is 0 Å². The fourth-order valence-electron chi connectivity index (χ4n) is 3.80. The van der Waals surface area contributed by atoms with Crippen LogP contribution in [0, 0.1) is 0 Å². The summed E-state index contributed by atoms with van der Waals surface area (Å²) in [7, 11) is 0. The molecule has 4 rings (SSSR count). The number of nitrogens with one attached hydrogen (secondary N) is 1. The summed E-state index contributed by atoms with van der Waals surface area (Å²) in [4.78, 5) is 16.6. The van der Waals surface area contributed by atoms with Crippen LogP contribution in [0.25, 0.3) is 5.69 Å². The summed E-state index contributed by atoms with van der Waals surface area (Å²) in [6, 6.07) is 14.7. The van der Waals surface area contributed by atoms with Gasteiger partial charge in [-0.3, -0.25) is 4.79 Å². The number of nitrogens with zero attached hydrogens (tertiary/aromatic N) is 2. The number of carbonyl (C=O) groups is 1. The minimum atomic E-state index is -0.0213. The number of imidazole rings is 1. The van der Waals surface area contributed by atoms with Crippen LogP contribution in [-0.2, 0) is 24.1 Å². The molecule has 0 saturated heterocycles. The van der Waals surface area contributed by atoms with Gasteiger partial charge in [-0.25, -0.2) is 4.98 Å². The number of amides is 1. The van der Waals surface area contributed by atoms with Crippen molar-refractivity contribution in [2.24, 2.45) is 0 Å². The van der Waals surface area contributed by atoms with E-state index in [1.807, 2.05) is 29.8 Å². The van der Waals surface area contributed by atoms with Crippen LogP contribution < -0.4 is 5.32 Å². The van der Waals surface area contributed by atoms with E-state index in [0.29, 0.717) is 6.42 Å². The number of fused-ring (bicyclic) bond motifs is 1. The normalized spacial score (nSPS) is 14.4. The maximum atomic E-state index is 12.5. The zero-order valence-electron chi connectivity index (χ0n) is 15.7. The summed E-state index contributed by atoms with van der Waals surface area (Å²) in [5, 5.41) is 3.12. The van der Waals surface area contributed by atoms with Gasteiger partial charge in [0.2, 0.25) is 5.91 Å². The highest BCUT2D eigenvalue weighted by Gasteiger charge is 2.13. The molecule has 2 aromatic carbocycles. The Balaban J connectivity index is 1.37. The number of carbonyl (C=O) groups excluding carboxylic acids is 1. The Morgan fingerprint density at radius 3 is 2.63 bits per heavy atom. The van der Waals surface area contributed by atoms with Crippen molar-refractivity contribution in [1.82, 2.24) is 14.9 Å². The molecule has 1 N–H and O–H groups in total. The van der Waals surface area contributed by atoms with E-state index in [0.717, 1.165) is 23.2 Å². The summed E-state index contributed by atoms with van der Waals surface area (Å²) in [6.07, 6.45) is 10.7. The first-order valence-electron chi connectivity index (χ1n) is 9.67. The molecule has 138 valence electrons. The van der Waals surface area contributed by atoms with Gasteiger partial charge in [0.15, 0.2) is 0 Å². The second kappa shape index (κ2) is 7.78. The van der Waals surface area contributed by atoms with E-state index in [1.165, 1.54) is 30.4 Å². The Morgan fingerprint density at radius 2 is 1.89 bits per heavy atom. The van der Waals surface area contributed by atoms with Gasteiger partial charge in [-0.2, -0.15) is 0 Å². The molecule has 0 fully saturated rings. The fraction of sp³-hybridized carbons (Fsp3) is 0.304. The predicted molar refractivity (Wildman–Crippen MR) is 107 cm³/mol. The van der Waals surface area contributed by atoms with Crippen LogP contribution in [0.5, 0.6) is 0 Å². The number of hydrogen-bond acceptors (Lipinski definition) is 2. The summed E-state index contributed by atoms with van der Waals surface area (Å²) in [5.74, 6) is 0.0666. The topological polar surface area (TPSA) is 46.9 Å². The lowest BCUT2D eigenvalue weighted by atomic mass is 9.90. The van der Waals surface area contributed by atoms with Gasteiger partial charge in [0, 0.05) is 18.1 Å². The monoisotopic (exact) mass is 359 g/mol. The van der Waals surface area contributed by atoms with Crippen molar-refractivity contribution >= 4 is 5.91 Å². The van der Waals surface area contributed by atoms with Crippen LogP contribution in [0.4, 0.5) is 0 Å². The molecule has 0 radical (unpaired) electrons. The average molecular weight is 359 g/mol. The molecular weight excluding hydrogens is 334 g/mol. The zero-order chi connectivity index (χ0) is 18.6. The molecule has 3 aromatic rings. The largest absolute Gasteiger partial charge is 0.349 e. The molecule has 1 aliphatic rings. The van der Waals surface area contributed by atoms with Gasteiger partial charge >= 0.3 is 0 Å². The van der Waals surface area contributed by atoms with Gasteiger partial charge < -0.3 is 9.88 Å². The molecule has 1 aliphatic carbocycles. The highest BCUT2D eigenvalue weighted by atomic mass is 16.1. The minimum absolute atomic E-state index is 0.0213. The summed E-state index contributed by atoms with van der Waals surface area (Å²) in [5.41, 5.74) is 6.14. The van der Waals surface area contributed by atoms with E-state index < -0.39 is 0 Å². The van der Waals surface area contributed by atoms with Crippen LogP contribution in [0.3, 0.4) is 0 Å². The van der Waals surface area contributed by atoms with E-state index in [4.69, 9.17) is 0 Å². The molecule has 4 nitrogen and oxygen atoms in total. The maximum absolute atomic E-state index is 12.5. The molecule has 1 atom stereocenters. The lowest BCUT2D eigenvalue weighted by molar-refractivity contribution is -0.121. The number of aromatic nitrogens is 2.